The topological polar surface area (TPSA) is 53.1 Å². The number of nitrogens with zero attached hydrogens (tertiary/aromatic N) is 3. The van der Waals surface area contributed by atoms with Gasteiger partial charge >= 0.3 is 0 Å². The average Bonchev–Trinajstić information content (AvgIpc) is 2.36. The molecule has 0 aromatic carbocycles. The van der Waals surface area contributed by atoms with E-state index in [-0.39, 0.29) is 6.04 Å². The second kappa shape index (κ2) is 7.02. The molecule has 0 unspecified atom stereocenters. The van der Waals surface area contributed by atoms with Crippen LogP contribution in [0.4, 0.5) is 11.8 Å². The first-order chi connectivity index (χ1) is 9.94. The molecule has 0 spiro atoms. The smallest absolute Gasteiger partial charge is 0.231 e. The van der Waals surface area contributed by atoms with Crippen LogP contribution in [0.15, 0.2) is 6.07 Å². The summed E-state index contributed by atoms with van der Waals surface area (Å²) in [4.78, 5) is 11.4. The van der Waals surface area contributed by atoms with E-state index in [0.29, 0.717) is 17.0 Å². The summed E-state index contributed by atoms with van der Waals surface area (Å²) in [6.45, 7) is 10.5. The Balaban J connectivity index is 2.11. The van der Waals surface area contributed by atoms with E-state index in [2.05, 4.69) is 32.4 Å². The van der Waals surface area contributed by atoms with Gasteiger partial charge in [0.25, 0.3) is 0 Å². The van der Waals surface area contributed by atoms with Crippen molar-refractivity contribution in [2.45, 2.75) is 46.6 Å². The lowest BCUT2D eigenvalue weighted by Gasteiger charge is -2.32. The number of rotatable bonds is 3. The molecular weight excluding hydrogens is 282 g/mol. The molecule has 1 atom stereocenters. The minimum atomic E-state index is 0.289. The molecule has 5 nitrogen and oxygen atoms in total. The molecule has 6 heteroatoms. The van der Waals surface area contributed by atoms with E-state index in [1.165, 1.54) is 12.8 Å². The SMILES string of the molecule is Cc1cc(N2CCC[C@H](C)C2)nc(NC(=S)NC(C)C)n1. The van der Waals surface area contributed by atoms with Crippen molar-refractivity contribution in [3.63, 3.8) is 0 Å². The number of aryl methyl sites for hydroxylation is 1. The molecule has 1 aliphatic rings. The predicted octanol–water partition coefficient (Wildman–Crippen LogP) is 2.72. The van der Waals surface area contributed by atoms with E-state index in [4.69, 9.17) is 12.2 Å². The molecule has 1 fully saturated rings. The monoisotopic (exact) mass is 307 g/mol. The second-order valence-corrected chi connectivity index (χ2v) is 6.55. The molecule has 116 valence electrons. The molecule has 1 aromatic rings. The zero-order valence-electron chi connectivity index (χ0n) is 13.3. The van der Waals surface area contributed by atoms with Gasteiger partial charge in [0.15, 0.2) is 5.11 Å². The van der Waals surface area contributed by atoms with Crippen LogP contribution in [0.5, 0.6) is 0 Å². The lowest BCUT2D eigenvalue weighted by atomic mass is 10.0. The Bertz CT molecular complexity index is 503. The molecule has 0 bridgehead atoms. The first-order valence-electron chi connectivity index (χ1n) is 7.62. The summed E-state index contributed by atoms with van der Waals surface area (Å²) < 4.78 is 0. The van der Waals surface area contributed by atoms with Crippen LogP contribution in [-0.4, -0.2) is 34.2 Å². The van der Waals surface area contributed by atoms with E-state index in [1.807, 2.05) is 26.8 Å². The van der Waals surface area contributed by atoms with Crippen LogP contribution in [0, 0.1) is 12.8 Å². The highest BCUT2D eigenvalue weighted by Crippen LogP contribution is 2.22. The molecule has 0 radical (unpaired) electrons. The maximum absolute atomic E-state index is 5.26. The number of nitrogens with one attached hydrogen (secondary N) is 2. The van der Waals surface area contributed by atoms with Gasteiger partial charge in [-0.25, -0.2) is 4.98 Å². The van der Waals surface area contributed by atoms with Crippen LogP contribution >= 0.6 is 12.2 Å². The fourth-order valence-corrected chi connectivity index (χ4v) is 2.89. The number of hydrogen-bond donors (Lipinski definition) is 2. The van der Waals surface area contributed by atoms with Gasteiger partial charge in [-0.2, -0.15) is 4.98 Å². The third-order valence-corrected chi connectivity index (χ3v) is 3.69. The Morgan fingerprint density at radius 2 is 2.19 bits per heavy atom. The highest BCUT2D eigenvalue weighted by molar-refractivity contribution is 7.80. The Morgan fingerprint density at radius 1 is 1.43 bits per heavy atom. The minimum Gasteiger partial charge on any atom is -0.360 e. The number of hydrogen-bond acceptors (Lipinski definition) is 4. The van der Waals surface area contributed by atoms with E-state index in [1.54, 1.807) is 0 Å². The van der Waals surface area contributed by atoms with E-state index in [9.17, 15) is 0 Å². The minimum absolute atomic E-state index is 0.289. The van der Waals surface area contributed by atoms with Crippen molar-refractivity contribution in [2.75, 3.05) is 23.3 Å². The van der Waals surface area contributed by atoms with Gasteiger partial charge in [-0.3, -0.25) is 0 Å². The van der Waals surface area contributed by atoms with Crippen molar-refractivity contribution in [1.29, 1.82) is 0 Å². The third kappa shape index (κ3) is 4.81. The van der Waals surface area contributed by atoms with Crippen molar-refractivity contribution < 1.29 is 0 Å². The lowest BCUT2D eigenvalue weighted by molar-refractivity contribution is 0.444. The van der Waals surface area contributed by atoms with Gasteiger partial charge in [0.2, 0.25) is 5.95 Å². The fourth-order valence-electron chi connectivity index (χ4n) is 2.57. The van der Waals surface area contributed by atoms with Crippen LogP contribution in [0.25, 0.3) is 0 Å². The summed E-state index contributed by atoms with van der Waals surface area (Å²) in [5.41, 5.74) is 0.952. The number of thiocarbonyl (C=S) groups is 1. The predicted molar refractivity (Wildman–Crippen MR) is 91.9 cm³/mol. The van der Waals surface area contributed by atoms with Crippen LogP contribution in [0.2, 0.25) is 0 Å². The van der Waals surface area contributed by atoms with Crippen molar-refractivity contribution >= 4 is 29.1 Å². The summed E-state index contributed by atoms with van der Waals surface area (Å²) >= 11 is 5.26. The number of anilines is 2. The lowest BCUT2D eigenvalue weighted by Crippen LogP contribution is -2.36. The number of piperidine rings is 1. The van der Waals surface area contributed by atoms with Crippen LogP contribution in [-0.2, 0) is 0 Å². The molecule has 2 rings (SSSR count). The van der Waals surface area contributed by atoms with E-state index >= 15 is 0 Å². The maximum atomic E-state index is 5.26. The fraction of sp³-hybridized carbons (Fsp3) is 0.667. The Kier molecular flexibility index (Phi) is 5.33. The quantitative estimate of drug-likeness (QED) is 0.838. The highest BCUT2D eigenvalue weighted by Gasteiger charge is 2.18. The molecule has 1 aliphatic heterocycles. The Hall–Kier alpha value is -1.43. The summed E-state index contributed by atoms with van der Waals surface area (Å²) in [5.74, 6) is 2.28. The molecule has 1 aromatic heterocycles. The van der Waals surface area contributed by atoms with Gasteiger partial charge in [-0.05, 0) is 51.7 Å². The molecule has 0 saturated carbocycles. The number of aromatic nitrogens is 2. The van der Waals surface area contributed by atoms with Gasteiger partial charge in [-0.1, -0.05) is 6.92 Å². The zero-order chi connectivity index (χ0) is 15.4. The maximum Gasteiger partial charge on any atom is 0.231 e. The summed E-state index contributed by atoms with van der Waals surface area (Å²) in [5, 5.41) is 6.78. The van der Waals surface area contributed by atoms with Crippen molar-refractivity contribution in [1.82, 2.24) is 15.3 Å². The summed E-state index contributed by atoms with van der Waals surface area (Å²) in [6.07, 6.45) is 2.52. The molecule has 0 amide bonds. The standard InChI is InChI=1S/C15H25N5S/c1-10(2)16-15(21)19-14-17-12(4)8-13(18-14)20-7-5-6-11(3)9-20/h8,10-11H,5-7,9H2,1-4H3,(H2,16,17,18,19,21)/t11-/m0/s1. The first kappa shape index (κ1) is 15.9. The van der Waals surface area contributed by atoms with Crippen molar-refractivity contribution in [2.24, 2.45) is 5.92 Å². The van der Waals surface area contributed by atoms with E-state index in [0.717, 1.165) is 24.6 Å². The molecule has 2 N–H and O–H groups in total. The van der Waals surface area contributed by atoms with Gasteiger partial charge in [0.1, 0.15) is 5.82 Å². The second-order valence-electron chi connectivity index (χ2n) is 6.14. The van der Waals surface area contributed by atoms with Crippen LogP contribution in [0.3, 0.4) is 0 Å². The average molecular weight is 307 g/mol. The van der Waals surface area contributed by atoms with Crippen LogP contribution in [0.1, 0.15) is 39.3 Å². The molecule has 1 saturated heterocycles. The van der Waals surface area contributed by atoms with Crippen molar-refractivity contribution in [3.8, 4) is 0 Å². The Labute approximate surface area is 132 Å². The molecule has 2 heterocycles. The van der Waals surface area contributed by atoms with Gasteiger partial charge < -0.3 is 15.5 Å². The molecule has 0 aliphatic carbocycles. The van der Waals surface area contributed by atoms with Gasteiger partial charge in [0.05, 0.1) is 0 Å². The van der Waals surface area contributed by atoms with Gasteiger partial charge in [-0.15, -0.1) is 0 Å². The highest BCUT2D eigenvalue weighted by atomic mass is 32.1. The van der Waals surface area contributed by atoms with Crippen molar-refractivity contribution in [3.05, 3.63) is 11.8 Å². The zero-order valence-corrected chi connectivity index (χ0v) is 14.1. The van der Waals surface area contributed by atoms with Gasteiger partial charge in [0, 0.05) is 30.9 Å². The van der Waals surface area contributed by atoms with Crippen LogP contribution < -0.4 is 15.5 Å². The normalized spacial score (nSPS) is 18.7. The largest absolute Gasteiger partial charge is 0.360 e. The van der Waals surface area contributed by atoms with E-state index < -0.39 is 0 Å². The first-order valence-corrected chi connectivity index (χ1v) is 8.03. The third-order valence-electron chi connectivity index (χ3n) is 3.47. The Morgan fingerprint density at radius 3 is 2.86 bits per heavy atom. The molecular formula is C15H25N5S. The molecule has 21 heavy (non-hydrogen) atoms. The summed E-state index contributed by atoms with van der Waals surface area (Å²) in [6, 6.07) is 2.33. The summed E-state index contributed by atoms with van der Waals surface area (Å²) in [7, 11) is 0.